The van der Waals surface area contributed by atoms with Crippen LogP contribution in [0.15, 0.2) is 91.0 Å². The van der Waals surface area contributed by atoms with Gasteiger partial charge in [-0.2, -0.15) is 0 Å². The van der Waals surface area contributed by atoms with Crippen LogP contribution in [0.4, 0.5) is 0 Å². The normalized spacial score (nSPS) is 25.0. The number of amides is 2. The van der Waals surface area contributed by atoms with Crippen LogP contribution in [0.2, 0.25) is 0 Å². The third kappa shape index (κ3) is 14.9. The molecule has 2 heterocycles. The Labute approximate surface area is 405 Å². The van der Waals surface area contributed by atoms with Gasteiger partial charge in [0, 0.05) is 48.7 Å². The number of esters is 5. The van der Waals surface area contributed by atoms with Crippen molar-refractivity contribution in [3.8, 4) is 0 Å². The molecule has 3 aromatic rings. The smallest absolute Gasteiger partial charge is 0.366 e. The molecular formula is C50H61NO19. The third-order valence-corrected chi connectivity index (χ3v) is 11.2. The van der Waals surface area contributed by atoms with E-state index in [-0.39, 0.29) is 19.8 Å². The second-order valence-electron chi connectivity index (χ2n) is 16.5. The molecule has 70 heavy (non-hydrogen) atoms. The van der Waals surface area contributed by atoms with Crippen molar-refractivity contribution >= 4 is 41.7 Å². The van der Waals surface area contributed by atoms with Crippen LogP contribution in [0.1, 0.15) is 64.7 Å². The van der Waals surface area contributed by atoms with Crippen molar-refractivity contribution in [1.29, 1.82) is 0 Å². The maximum Gasteiger partial charge on any atom is 0.366 e. The number of carbonyl (C=O) groups is 7. The zero-order valence-corrected chi connectivity index (χ0v) is 40.4. The molecule has 2 aliphatic heterocycles. The van der Waals surface area contributed by atoms with Crippen molar-refractivity contribution in [1.82, 2.24) is 4.90 Å². The molecule has 2 fully saturated rings. The van der Waals surface area contributed by atoms with Gasteiger partial charge < -0.3 is 56.8 Å². The van der Waals surface area contributed by atoms with Gasteiger partial charge in [-0.1, -0.05) is 91.0 Å². The average Bonchev–Trinajstić information content (AvgIpc) is 3.32. The summed E-state index contributed by atoms with van der Waals surface area (Å²) in [7, 11) is 2.43. The third-order valence-electron chi connectivity index (χ3n) is 11.2. The maximum absolute atomic E-state index is 14.4. The minimum atomic E-state index is -2.67. The van der Waals surface area contributed by atoms with Gasteiger partial charge in [0.15, 0.2) is 18.5 Å². The number of imide groups is 1. The lowest BCUT2D eigenvalue weighted by molar-refractivity contribution is -0.350. The summed E-state index contributed by atoms with van der Waals surface area (Å²) in [6.07, 6.45) is -13.4. The zero-order valence-electron chi connectivity index (χ0n) is 40.4. The molecule has 0 spiro atoms. The van der Waals surface area contributed by atoms with E-state index in [0.717, 1.165) is 65.3 Å². The zero-order chi connectivity index (χ0) is 51.0. The van der Waals surface area contributed by atoms with E-state index in [0.29, 0.717) is 4.90 Å². The lowest BCUT2D eigenvalue weighted by Crippen LogP contribution is -2.71. The first-order chi connectivity index (χ1) is 33.5. The van der Waals surface area contributed by atoms with Crippen LogP contribution in [0.5, 0.6) is 0 Å². The number of hydrogen-bond donors (Lipinski definition) is 0. The molecule has 2 amide bonds. The predicted octanol–water partition coefficient (Wildman–Crippen LogP) is 3.91. The predicted molar refractivity (Wildman–Crippen MR) is 241 cm³/mol. The Hall–Kier alpha value is -6.13. The molecule has 20 nitrogen and oxygen atoms in total. The van der Waals surface area contributed by atoms with Gasteiger partial charge in [-0.15, -0.1) is 0 Å². The van der Waals surface area contributed by atoms with Crippen molar-refractivity contribution in [2.24, 2.45) is 0 Å². The molecule has 0 unspecified atom stereocenters. The van der Waals surface area contributed by atoms with Crippen LogP contribution in [-0.2, 0) is 110 Å². The average molecular weight is 980 g/mol. The van der Waals surface area contributed by atoms with Crippen LogP contribution in [0, 0.1) is 0 Å². The standard InChI is InChI=1S/C50H61NO19/c1-30(52)51(31(2)53)42-39(66-33(4)55)24-50(49(58)60-8,70-45(42)44(68-35(6)57)40(67-34(5)56)28-61-32(3)54)65-29-41-43(62-25-36-18-12-9-13-19-36)46(63-26-37-20-14-10-15-21-37)47(48(59-7)69-41)64-27-38-22-16-11-17-23-38/h9-23,39-48H,24-29H2,1-8H3/t39-,40+,41+,42+,43-,44+,45+,46-,47+,48-,50+/m0/s1. The highest BCUT2D eigenvalue weighted by molar-refractivity contribution is 5.93. The fourth-order valence-electron chi connectivity index (χ4n) is 8.36. The molecule has 11 atom stereocenters. The van der Waals surface area contributed by atoms with E-state index >= 15 is 0 Å². The summed E-state index contributed by atoms with van der Waals surface area (Å²) in [5, 5.41) is 0. The highest BCUT2D eigenvalue weighted by atomic mass is 16.8. The van der Waals surface area contributed by atoms with Gasteiger partial charge in [0.1, 0.15) is 49.3 Å². The van der Waals surface area contributed by atoms with E-state index in [9.17, 15) is 33.6 Å². The molecule has 2 aliphatic rings. The van der Waals surface area contributed by atoms with E-state index in [1.807, 2.05) is 91.0 Å². The van der Waals surface area contributed by atoms with Crippen LogP contribution >= 0.6 is 0 Å². The van der Waals surface area contributed by atoms with Crippen molar-refractivity contribution in [3.63, 3.8) is 0 Å². The first-order valence-corrected chi connectivity index (χ1v) is 22.5. The lowest BCUT2D eigenvalue weighted by Gasteiger charge is -2.51. The summed E-state index contributed by atoms with van der Waals surface area (Å²) >= 11 is 0. The summed E-state index contributed by atoms with van der Waals surface area (Å²) in [4.78, 5) is 92.6. The molecule has 0 aliphatic carbocycles. The molecule has 5 rings (SSSR count). The molecular weight excluding hydrogens is 919 g/mol. The molecule has 380 valence electrons. The fourth-order valence-corrected chi connectivity index (χ4v) is 8.36. The number of ether oxygens (including phenoxy) is 12. The van der Waals surface area contributed by atoms with Crippen LogP contribution in [0.3, 0.4) is 0 Å². The maximum atomic E-state index is 14.4. The molecule has 0 bridgehead atoms. The number of nitrogens with zero attached hydrogens (tertiary/aromatic N) is 1. The van der Waals surface area contributed by atoms with Crippen molar-refractivity contribution in [2.75, 3.05) is 27.4 Å². The van der Waals surface area contributed by atoms with E-state index in [1.165, 1.54) is 7.11 Å². The Morgan fingerprint density at radius 3 is 1.59 bits per heavy atom. The van der Waals surface area contributed by atoms with E-state index in [1.54, 1.807) is 0 Å². The van der Waals surface area contributed by atoms with Crippen molar-refractivity contribution < 1.29 is 90.4 Å². The van der Waals surface area contributed by atoms with Crippen LogP contribution in [0.25, 0.3) is 0 Å². The Balaban J connectivity index is 1.65. The molecule has 0 radical (unpaired) electrons. The molecule has 2 saturated heterocycles. The van der Waals surface area contributed by atoms with E-state index in [4.69, 9.17) is 56.8 Å². The summed E-state index contributed by atoms with van der Waals surface area (Å²) in [5.74, 6) is -9.38. The van der Waals surface area contributed by atoms with E-state index in [2.05, 4.69) is 0 Å². The summed E-state index contributed by atoms with van der Waals surface area (Å²) in [6, 6.07) is 26.3. The minimum absolute atomic E-state index is 0.0341. The van der Waals surface area contributed by atoms with Gasteiger partial charge in [0.05, 0.1) is 40.0 Å². The topological polar surface area (TPSA) is 233 Å². The molecule has 0 aromatic heterocycles. The fraction of sp³-hybridized carbons (Fsp3) is 0.500. The highest BCUT2D eigenvalue weighted by Gasteiger charge is 2.62. The van der Waals surface area contributed by atoms with Gasteiger partial charge in [0.25, 0.3) is 5.79 Å². The number of methoxy groups -OCH3 is 2. The van der Waals surface area contributed by atoms with Gasteiger partial charge in [0.2, 0.25) is 11.8 Å². The van der Waals surface area contributed by atoms with E-state index < -0.39 is 128 Å². The van der Waals surface area contributed by atoms with Crippen LogP contribution < -0.4 is 0 Å². The summed E-state index contributed by atoms with van der Waals surface area (Å²) in [5.41, 5.74) is 2.46. The van der Waals surface area contributed by atoms with Crippen LogP contribution in [-0.4, -0.2) is 141 Å². The lowest BCUT2D eigenvalue weighted by atomic mass is 9.86. The summed E-state index contributed by atoms with van der Waals surface area (Å²) in [6.45, 7) is 5.11. The van der Waals surface area contributed by atoms with Gasteiger partial charge in [-0.05, 0) is 16.7 Å². The Kier molecular flexibility index (Phi) is 20.5. The van der Waals surface area contributed by atoms with Crippen molar-refractivity contribution in [3.05, 3.63) is 108 Å². The Morgan fingerprint density at radius 2 is 1.14 bits per heavy atom. The Morgan fingerprint density at radius 1 is 0.643 bits per heavy atom. The minimum Gasteiger partial charge on any atom is -0.465 e. The Bertz CT molecular complexity index is 2200. The SMILES string of the molecule is COC(=O)[C@@]1(OC[C@H]2O[C@H](OC)[C@H](OCc3ccccc3)[C@@H](OCc3ccccc3)[C@H]2OCc2ccccc2)C[C@H](OC(C)=O)[C@@H](N(C(C)=O)C(C)=O)[C@H]([C@H](OC(C)=O)[C@@H](COC(C)=O)OC(C)=O)O1. The van der Waals surface area contributed by atoms with Crippen molar-refractivity contribution in [2.45, 2.75) is 135 Å². The number of carbonyl (C=O) groups excluding carboxylic acids is 7. The van der Waals surface area contributed by atoms with Gasteiger partial charge in [-0.25, -0.2) is 4.79 Å². The molecule has 3 aromatic carbocycles. The second-order valence-corrected chi connectivity index (χ2v) is 16.5. The first-order valence-electron chi connectivity index (χ1n) is 22.5. The number of benzene rings is 3. The number of rotatable bonds is 22. The first kappa shape index (κ1) is 54.8. The largest absolute Gasteiger partial charge is 0.465 e. The highest BCUT2D eigenvalue weighted by Crippen LogP contribution is 2.41. The quantitative estimate of drug-likeness (QED) is 0.103. The van der Waals surface area contributed by atoms with Gasteiger partial charge >= 0.3 is 29.8 Å². The monoisotopic (exact) mass is 979 g/mol. The number of hydrogen-bond acceptors (Lipinski definition) is 19. The molecule has 20 heteroatoms. The molecule has 0 N–H and O–H groups in total. The molecule has 0 saturated carbocycles. The van der Waals surface area contributed by atoms with Gasteiger partial charge in [-0.3, -0.25) is 33.7 Å². The summed E-state index contributed by atoms with van der Waals surface area (Å²) < 4.78 is 73.1. The second kappa shape index (κ2) is 26.2.